The lowest BCUT2D eigenvalue weighted by molar-refractivity contribution is -0.110. The molecule has 1 amide bonds. The summed E-state index contributed by atoms with van der Waals surface area (Å²) < 4.78 is 27.6. The smallest absolute Gasteiger partial charge is 0.207 e. The molecule has 2 aromatic heterocycles. The first-order chi connectivity index (χ1) is 18.4. The van der Waals surface area contributed by atoms with Crippen LogP contribution >= 0.6 is 0 Å². The summed E-state index contributed by atoms with van der Waals surface area (Å²) in [6, 6.07) is 15.5. The average Bonchev–Trinajstić information content (AvgIpc) is 3.69. The molecule has 1 aliphatic heterocycles. The van der Waals surface area contributed by atoms with Gasteiger partial charge in [-0.05, 0) is 44.2 Å². The first-order valence-electron chi connectivity index (χ1n) is 11.9. The second kappa shape index (κ2) is 15.6. The third-order valence-corrected chi connectivity index (χ3v) is 5.53. The van der Waals surface area contributed by atoms with Crippen molar-refractivity contribution in [1.82, 2.24) is 30.2 Å². The first kappa shape index (κ1) is 29.7. The maximum Gasteiger partial charge on any atom is 0.207 e. The number of amides is 1. The van der Waals surface area contributed by atoms with Crippen LogP contribution in [-0.4, -0.2) is 52.2 Å². The van der Waals surface area contributed by atoms with Crippen molar-refractivity contribution in [2.24, 2.45) is 7.05 Å². The Hall–Kier alpha value is -4.49. The number of hydrogen-bond donors (Lipinski definition) is 3. The Bertz CT molecular complexity index is 1260. The van der Waals surface area contributed by atoms with Crippen LogP contribution in [0.3, 0.4) is 0 Å². The number of nitrogens with one attached hydrogen (secondary N) is 3. The van der Waals surface area contributed by atoms with Gasteiger partial charge in [-0.15, -0.1) is 12.8 Å². The van der Waals surface area contributed by atoms with E-state index < -0.39 is 11.6 Å². The van der Waals surface area contributed by atoms with Crippen molar-refractivity contribution in [3.05, 3.63) is 84.2 Å². The summed E-state index contributed by atoms with van der Waals surface area (Å²) in [7, 11) is 3.82. The summed E-state index contributed by atoms with van der Waals surface area (Å²) in [5, 5.41) is 18.0. The fraction of sp³-hybridized carbons (Fsp3) is 0.250. The molecule has 0 unspecified atom stereocenters. The monoisotopic (exact) mass is 521 g/mol. The molecule has 38 heavy (non-hydrogen) atoms. The summed E-state index contributed by atoms with van der Waals surface area (Å²) in [5.41, 5.74) is 4.13. The van der Waals surface area contributed by atoms with Gasteiger partial charge < -0.3 is 16.0 Å². The van der Waals surface area contributed by atoms with Gasteiger partial charge in [-0.2, -0.15) is 10.2 Å². The van der Waals surface area contributed by atoms with E-state index in [0.717, 1.165) is 66.4 Å². The SMILES string of the molecule is C#C.CNc1c(C)c(-c2cnn(C)c2)nn1-c1ccccc1.Fc1ccccc1F.O=CN[C@H]1CCNC1. The van der Waals surface area contributed by atoms with Crippen LogP contribution in [0.15, 0.2) is 67.0 Å². The molecule has 10 heteroatoms. The molecule has 1 fully saturated rings. The van der Waals surface area contributed by atoms with Crippen molar-refractivity contribution in [3.8, 4) is 29.8 Å². The number of nitrogens with zero attached hydrogens (tertiary/aromatic N) is 4. The van der Waals surface area contributed by atoms with E-state index in [1.165, 1.54) is 12.1 Å². The van der Waals surface area contributed by atoms with Gasteiger partial charge in [0.1, 0.15) is 11.5 Å². The van der Waals surface area contributed by atoms with Gasteiger partial charge in [-0.25, -0.2) is 13.5 Å². The van der Waals surface area contributed by atoms with Crippen molar-refractivity contribution in [2.45, 2.75) is 19.4 Å². The van der Waals surface area contributed by atoms with Crippen molar-refractivity contribution in [2.75, 3.05) is 25.5 Å². The molecule has 1 saturated heterocycles. The van der Waals surface area contributed by atoms with Gasteiger partial charge in [-0.3, -0.25) is 9.48 Å². The van der Waals surface area contributed by atoms with Gasteiger partial charge in [0.05, 0.1) is 11.9 Å². The van der Waals surface area contributed by atoms with E-state index >= 15 is 0 Å². The Morgan fingerprint density at radius 2 is 1.71 bits per heavy atom. The quantitative estimate of drug-likeness (QED) is 0.274. The largest absolute Gasteiger partial charge is 0.373 e. The zero-order chi connectivity index (χ0) is 27.9. The fourth-order valence-electron chi connectivity index (χ4n) is 3.70. The van der Waals surface area contributed by atoms with E-state index in [9.17, 15) is 13.6 Å². The number of carbonyl (C=O) groups is 1. The molecule has 0 saturated carbocycles. The molecule has 1 aliphatic rings. The maximum atomic E-state index is 11.9. The lowest BCUT2D eigenvalue weighted by Gasteiger charge is -2.06. The molecule has 8 nitrogen and oxygen atoms in total. The van der Waals surface area contributed by atoms with E-state index in [-0.39, 0.29) is 0 Å². The third-order valence-electron chi connectivity index (χ3n) is 5.53. The molecule has 3 N–H and O–H groups in total. The van der Waals surface area contributed by atoms with Crippen LogP contribution in [-0.2, 0) is 11.8 Å². The fourth-order valence-corrected chi connectivity index (χ4v) is 3.70. The predicted octanol–water partition coefficient (Wildman–Crippen LogP) is 3.93. The molecule has 200 valence electrons. The van der Waals surface area contributed by atoms with Crippen LogP contribution in [0.25, 0.3) is 16.9 Å². The zero-order valence-corrected chi connectivity index (χ0v) is 21.7. The number of rotatable bonds is 5. The van der Waals surface area contributed by atoms with Gasteiger partial charge in [0.2, 0.25) is 6.41 Å². The Balaban J connectivity index is 0.000000232. The van der Waals surface area contributed by atoms with E-state index in [4.69, 9.17) is 5.10 Å². The van der Waals surface area contributed by atoms with Crippen LogP contribution in [0, 0.1) is 31.4 Å². The van der Waals surface area contributed by atoms with E-state index in [1.54, 1.807) is 4.68 Å². The van der Waals surface area contributed by atoms with Crippen LogP contribution in [0.2, 0.25) is 0 Å². The second-order valence-corrected chi connectivity index (χ2v) is 8.11. The third kappa shape index (κ3) is 8.28. The minimum Gasteiger partial charge on any atom is -0.373 e. The minimum absolute atomic E-state index is 0.382. The maximum absolute atomic E-state index is 11.9. The summed E-state index contributed by atoms with van der Waals surface area (Å²) in [6.45, 7) is 4.03. The van der Waals surface area contributed by atoms with Gasteiger partial charge in [0.25, 0.3) is 0 Å². The number of aromatic nitrogens is 4. The van der Waals surface area contributed by atoms with Gasteiger partial charge in [0.15, 0.2) is 11.6 Å². The van der Waals surface area contributed by atoms with Gasteiger partial charge in [0, 0.05) is 44.0 Å². The van der Waals surface area contributed by atoms with Crippen LogP contribution in [0.1, 0.15) is 12.0 Å². The van der Waals surface area contributed by atoms with Crippen molar-refractivity contribution < 1.29 is 13.6 Å². The molecular formula is C28H33F2N7O. The molecule has 1 atom stereocenters. The van der Waals surface area contributed by atoms with E-state index in [2.05, 4.69) is 40.8 Å². The Morgan fingerprint density at radius 3 is 2.18 bits per heavy atom. The first-order valence-corrected chi connectivity index (χ1v) is 11.9. The lowest BCUT2D eigenvalue weighted by atomic mass is 10.1. The van der Waals surface area contributed by atoms with Crippen molar-refractivity contribution in [1.29, 1.82) is 0 Å². The van der Waals surface area contributed by atoms with E-state index in [1.807, 2.05) is 61.5 Å². The molecular weight excluding hydrogens is 488 g/mol. The molecule has 0 radical (unpaired) electrons. The normalized spacial score (nSPS) is 13.5. The standard InChI is InChI=1S/C15H17N5.C6H4F2.C5H10N2O.C2H2/c1-11-14(12-9-17-19(3)10-12)18-20(15(11)16-2)13-7-5-4-6-8-13;7-5-3-1-2-4-6(5)8;8-4-7-5-1-2-6-3-5;1-2/h4-10,16H,1-3H3;1-4H;4-6H,1-3H2,(H,7,8);1-2H/t;;5-;/m..0./s1. The molecule has 4 aromatic rings. The zero-order valence-electron chi connectivity index (χ0n) is 21.7. The molecule has 5 rings (SSSR count). The minimum atomic E-state index is -0.799. The number of aryl methyl sites for hydroxylation is 1. The second-order valence-electron chi connectivity index (χ2n) is 8.11. The molecule has 0 spiro atoms. The number of benzene rings is 2. The van der Waals surface area contributed by atoms with Crippen LogP contribution in [0.5, 0.6) is 0 Å². The highest BCUT2D eigenvalue weighted by Gasteiger charge is 2.17. The number of terminal acetylenes is 1. The molecule has 2 aromatic carbocycles. The number of halogens is 2. The summed E-state index contributed by atoms with van der Waals surface area (Å²) in [6.07, 6.45) is 13.6. The highest BCUT2D eigenvalue weighted by molar-refractivity contribution is 5.69. The summed E-state index contributed by atoms with van der Waals surface area (Å²) in [4.78, 5) is 9.82. The molecule has 0 bridgehead atoms. The Labute approximate surface area is 222 Å². The van der Waals surface area contributed by atoms with Crippen LogP contribution < -0.4 is 16.0 Å². The number of carbonyl (C=O) groups excluding carboxylic acids is 1. The van der Waals surface area contributed by atoms with Crippen molar-refractivity contribution in [3.63, 3.8) is 0 Å². The van der Waals surface area contributed by atoms with Crippen molar-refractivity contribution >= 4 is 12.2 Å². The lowest BCUT2D eigenvalue weighted by Crippen LogP contribution is -2.29. The average molecular weight is 522 g/mol. The number of anilines is 1. The van der Waals surface area contributed by atoms with Crippen LogP contribution in [0.4, 0.5) is 14.6 Å². The topological polar surface area (TPSA) is 88.8 Å². The van der Waals surface area contributed by atoms with E-state index in [0.29, 0.717) is 6.04 Å². The highest BCUT2D eigenvalue weighted by atomic mass is 19.2. The molecule has 3 heterocycles. The van der Waals surface area contributed by atoms with Gasteiger partial charge in [-0.1, -0.05) is 30.3 Å². The Kier molecular flexibility index (Phi) is 12.2. The predicted molar refractivity (Wildman–Crippen MR) is 147 cm³/mol. The molecule has 0 aliphatic carbocycles. The van der Waals surface area contributed by atoms with Gasteiger partial charge >= 0.3 is 0 Å². The number of hydrogen-bond acceptors (Lipinski definition) is 5. The number of para-hydroxylation sites is 1. The summed E-state index contributed by atoms with van der Waals surface area (Å²) >= 11 is 0. The summed E-state index contributed by atoms with van der Waals surface area (Å²) in [5.74, 6) is -0.602. The Morgan fingerprint density at radius 1 is 1.08 bits per heavy atom. The highest BCUT2D eigenvalue weighted by Crippen LogP contribution is 2.29.